The highest BCUT2D eigenvalue weighted by atomic mass is 16.6. The summed E-state index contributed by atoms with van der Waals surface area (Å²) >= 11 is 0. The molecule has 0 aromatic heterocycles. The van der Waals surface area contributed by atoms with Gasteiger partial charge in [0.05, 0.1) is 44.7 Å². The molecular formula is C76H88O20. The van der Waals surface area contributed by atoms with E-state index < -0.39 is 116 Å². The Morgan fingerprint density at radius 1 is 0.531 bits per heavy atom. The van der Waals surface area contributed by atoms with Crippen LogP contribution in [-0.4, -0.2) is 125 Å². The number of carbonyl (C=O) groups excluding carboxylic acids is 6. The normalized spacial score (nSPS) is 35.0. The number of allylic oxidation sites excluding steroid dienone is 8. The third kappa shape index (κ3) is 9.62. The van der Waals surface area contributed by atoms with E-state index in [9.17, 15) is 49.2 Å². The first-order valence-corrected chi connectivity index (χ1v) is 33.4. The predicted octanol–water partition coefficient (Wildman–Crippen LogP) is 12.0. The number of benzene rings is 2. The second kappa shape index (κ2) is 22.0. The number of epoxide rings is 2. The third-order valence-corrected chi connectivity index (χ3v) is 22.5. The fourth-order valence-electron chi connectivity index (χ4n) is 17.6. The average Bonchev–Trinajstić information content (AvgIpc) is 1.41. The van der Waals surface area contributed by atoms with E-state index in [1.54, 1.807) is 50.3 Å². The molecule has 8 bridgehead atoms. The lowest BCUT2D eigenvalue weighted by molar-refractivity contribution is -0.172. The van der Waals surface area contributed by atoms with Crippen LogP contribution in [0.4, 0.5) is 0 Å². The van der Waals surface area contributed by atoms with Crippen molar-refractivity contribution < 1.29 is 96.6 Å². The largest absolute Gasteiger partial charge is 0.506 e. The van der Waals surface area contributed by atoms with Gasteiger partial charge >= 0.3 is 0 Å². The highest BCUT2D eigenvalue weighted by Crippen LogP contribution is 2.72. The van der Waals surface area contributed by atoms with Crippen molar-refractivity contribution >= 4 is 48.2 Å². The molecule has 14 atom stereocenters. The van der Waals surface area contributed by atoms with E-state index in [1.807, 2.05) is 109 Å². The van der Waals surface area contributed by atoms with Crippen molar-refractivity contribution in [2.45, 2.75) is 243 Å². The number of ketones is 4. The molecule has 8 aliphatic heterocycles. The Bertz CT molecular complexity index is 3800. The Hall–Kier alpha value is -7.46. The number of phenols is 2. The Kier molecular flexibility index (Phi) is 15.4. The van der Waals surface area contributed by atoms with Crippen molar-refractivity contribution in [2.24, 2.45) is 23.7 Å². The molecule has 8 unspecified atom stereocenters. The van der Waals surface area contributed by atoms with Crippen molar-refractivity contribution in [3.05, 3.63) is 116 Å². The van der Waals surface area contributed by atoms with Gasteiger partial charge in [-0.05, 0) is 186 Å². The fourth-order valence-corrected chi connectivity index (χ4v) is 17.6. The summed E-state index contributed by atoms with van der Waals surface area (Å²) < 4.78 is 63.0. The summed E-state index contributed by atoms with van der Waals surface area (Å²) in [5.74, 6) is -3.35. The number of aliphatic hydroxyl groups excluding tert-OH is 2. The molecule has 0 radical (unpaired) electrons. The minimum Gasteiger partial charge on any atom is -0.506 e. The van der Waals surface area contributed by atoms with Crippen LogP contribution in [0.1, 0.15) is 217 Å². The van der Waals surface area contributed by atoms with E-state index in [2.05, 4.69) is 12.2 Å². The Morgan fingerprint density at radius 2 is 0.885 bits per heavy atom. The lowest BCUT2D eigenvalue weighted by atomic mass is 9.51. The zero-order valence-electron chi connectivity index (χ0n) is 57.5. The van der Waals surface area contributed by atoms with Crippen LogP contribution in [0.15, 0.2) is 82.4 Å². The maximum Gasteiger partial charge on any atom is 0.298 e. The van der Waals surface area contributed by atoms with Crippen LogP contribution in [0.25, 0.3) is 12.2 Å². The number of fused-ring (bicyclic) bond motifs is 4. The summed E-state index contributed by atoms with van der Waals surface area (Å²) in [6, 6.07) is 0. The van der Waals surface area contributed by atoms with Crippen molar-refractivity contribution in [1.82, 2.24) is 0 Å². The van der Waals surface area contributed by atoms with Crippen LogP contribution in [0.5, 0.6) is 34.5 Å². The van der Waals surface area contributed by atoms with Gasteiger partial charge in [0.1, 0.15) is 92.8 Å². The van der Waals surface area contributed by atoms with E-state index in [-0.39, 0.29) is 115 Å². The maximum absolute atomic E-state index is 14.8. The average molecular weight is 1320 g/mol. The zero-order chi connectivity index (χ0) is 69.5. The molecule has 6 aliphatic carbocycles. The van der Waals surface area contributed by atoms with Gasteiger partial charge in [-0.15, -0.1) is 0 Å². The van der Waals surface area contributed by atoms with Gasteiger partial charge in [0.15, 0.2) is 45.5 Å². The monoisotopic (exact) mass is 1320 g/mol. The molecule has 4 saturated heterocycles. The van der Waals surface area contributed by atoms with Crippen LogP contribution in [0.3, 0.4) is 0 Å². The van der Waals surface area contributed by atoms with E-state index in [1.165, 1.54) is 11.1 Å². The number of ether oxygens (including phenoxy) is 10. The van der Waals surface area contributed by atoms with Crippen LogP contribution < -0.4 is 18.9 Å². The third-order valence-electron chi connectivity index (χ3n) is 22.5. The molecule has 20 nitrogen and oxygen atoms in total. The predicted molar refractivity (Wildman–Crippen MR) is 349 cm³/mol. The number of rotatable bonds is 18. The van der Waals surface area contributed by atoms with Gasteiger partial charge in [-0.25, -0.2) is 0 Å². The smallest absolute Gasteiger partial charge is 0.298 e. The van der Waals surface area contributed by atoms with Gasteiger partial charge in [0.2, 0.25) is 0 Å². The van der Waals surface area contributed by atoms with Crippen LogP contribution >= 0.6 is 0 Å². The fraction of sp³-hybridized carbons (Fsp3) is 0.553. The van der Waals surface area contributed by atoms with Crippen LogP contribution in [-0.2, 0) is 47.6 Å². The number of phenolic OH excluding ortho intramolecular Hbond substituents is 2. The Balaban J connectivity index is 0.000000174. The molecular weight excluding hydrogens is 1230 g/mol. The number of aromatic hydroxyl groups is 2. The zero-order valence-corrected chi connectivity index (χ0v) is 57.5. The molecule has 16 rings (SSSR count). The molecule has 2 aromatic rings. The van der Waals surface area contributed by atoms with E-state index in [4.69, 9.17) is 47.4 Å². The molecule has 6 fully saturated rings. The molecule has 8 heterocycles. The van der Waals surface area contributed by atoms with Crippen LogP contribution in [0, 0.1) is 23.7 Å². The first-order chi connectivity index (χ1) is 44.9. The van der Waals surface area contributed by atoms with Gasteiger partial charge < -0.3 is 67.8 Å². The van der Waals surface area contributed by atoms with Gasteiger partial charge in [0, 0.05) is 47.7 Å². The van der Waals surface area contributed by atoms with Crippen LogP contribution in [0.2, 0.25) is 0 Å². The molecule has 20 heteroatoms. The standard InChI is InChI=1S/2C38H44O10/c2*1-19(2)10-9-13-36(8)14-12-22-27(40)25-28(41)23-16-21-17-24-34(4,5)48-37(32(21)43,15-11-20(3)44-18-39)38(23,24)46-31(25)26(30(22)45-36)29(42)33-35(6,7)47-33/h2*10-12,14,16,18,21,24,29,33,40,42H,9,13,15,17H2,1-8H3/b2*20-11-/t21?,24?,29?,33?,36-,37+,38+;21?,24?,29?,33?,36-,37-,38-/m01/s1. The van der Waals surface area contributed by atoms with Crippen molar-refractivity contribution in [3.8, 4) is 34.5 Å². The molecule has 14 aliphatic rings. The van der Waals surface area contributed by atoms with E-state index in [0.29, 0.717) is 38.6 Å². The Morgan fingerprint density at radius 3 is 1.21 bits per heavy atom. The van der Waals surface area contributed by atoms with Gasteiger partial charge in [-0.3, -0.25) is 28.8 Å². The summed E-state index contributed by atoms with van der Waals surface area (Å²) in [5.41, 5.74) is -7.69. The summed E-state index contributed by atoms with van der Waals surface area (Å²) in [5, 5.41) is 47.9. The number of aliphatic hydroxyl groups is 2. The summed E-state index contributed by atoms with van der Waals surface area (Å²) in [4.78, 5) is 80.7. The highest BCUT2D eigenvalue weighted by molar-refractivity contribution is 6.20. The second-order valence-electron chi connectivity index (χ2n) is 31.3. The Labute approximate surface area is 559 Å². The number of Topliss-reactive ketones (excluding diaryl/α,β-unsaturated/α-hetero) is 4. The summed E-state index contributed by atoms with van der Waals surface area (Å²) in [6.07, 6.45) is 17.5. The van der Waals surface area contributed by atoms with Crippen molar-refractivity contribution in [3.63, 3.8) is 0 Å². The number of hydrogen-bond donors (Lipinski definition) is 4. The molecule has 2 saturated carbocycles. The number of carbonyl (C=O) groups is 6. The second-order valence-corrected chi connectivity index (χ2v) is 31.3. The van der Waals surface area contributed by atoms with E-state index >= 15 is 0 Å². The van der Waals surface area contributed by atoms with Crippen molar-refractivity contribution in [1.29, 1.82) is 0 Å². The van der Waals surface area contributed by atoms with Crippen molar-refractivity contribution in [2.75, 3.05) is 0 Å². The lowest BCUT2D eigenvalue weighted by Crippen LogP contribution is -2.72. The van der Waals surface area contributed by atoms with Gasteiger partial charge in [-0.2, -0.15) is 0 Å². The molecule has 0 amide bonds. The summed E-state index contributed by atoms with van der Waals surface area (Å²) in [7, 11) is 0. The molecule has 2 spiro atoms. The topological polar surface area (TPSA) is 282 Å². The minimum atomic E-state index is -1.66. The highest BCUT2D eigenvalue weighted by Gasteiger charge is 2.83. The lowest BCUT2D eigenvalue weighted by Gasteiger charge is -2.56. The molecule has 96 heavy (non-hydrogen) atoms. The molecule has 512 valence electrons. The van der Waals surface area contributed by atoms with Gasteiger partial charge in [-0.1, -0.05) is 35.5 Å². The quantitative estimate of drug-likeness (QED) is 0.0467. The van der Waals surface area contributed by atoms with E-state index in [0.717, 1.165) is 12.8 Å². The summed E-state index contributed by atoms with van der Waals surface area (Å²) in [6.45, 7) is 30.8. The SMILES string of the molecule is CC(C)=CCC[C@@]1(C)C=Cc2c(O)c3c(c(C(O)C4OC4(C)C)c2O1)O[C@]12C(=CC4CC1C(C)(C)O[C@]2(C/C=C(/C)OC=O)C4=O)C3=O.CC(C)=CCC[C@]1(C)C=Cc2c(O)c3c(c(C(O)C4OC4(C)C)c2O1)O[C@]12C(=CC4CC1C(C)(C)O[C@]2(C/C=C(/C)OC=O)C4=O)C3=O. The number of hydrogen-bond acceptors (Lipinski definition) is 20. The first-order valence-electron chi connectivity index (χ1n) is 33.4. The van der Waals surface area contributed by atoms with Gasteiger partial charge in [0.25, 0.3) is 12.9 Å². The first kappa shape index (κ1) is 67.1. The minimum absolute atomic E-state index is 0.0306. The maximum atomic E-state index is 14.8. The molecule has 4 N–H and O–H groups in total. The molecule has 2 aromatic carbocycles.